The fourth-order valence-corrected chi connectivity index (χ4v) is 2.18. The van der Waals surface area contributed by atoms with E-state index in [0.717, 1.165) is 19.3 Å². The Balaban J connectivity index is 4.54. The van der Waals surface area contributed by atoms with E-state index < -0.39 is 11.9 Å². The monoisotopic (exact) mass is 270 g/mol. The Morgan fingerprint density at radius 3 is 2.21 bits per heavy atom. The van der Waals surface area contributed by atoms with E-state index in [1.165, 1.54) is 4.90 Å². The average Bonchev–Trinajstić information content (AvgIpc) is 2.31. The lowest BCUT2D eigenvalue weighted by Crippen LogP contribution is -2.46. The third-order valence-electron chi connectivity index (χ3n) is 3.45. The Hall–Kier alpha value is -1.06. The van der Waals surface area contributed by atoms with Crippen molar-refractivity contribution in [1.29, 1.82) is 0 Å². The number of rotatable bonds is 9. The van der Waals surface area contributed by atoms with Gasteiger partial charge in [0.2, 0.25) is 11.8 Å². The molecule has 0 aliphatic carbocycles. The van der Waals surface area contributed by atoms with Gasteiger partial charge in [0, 0.05) is 13.5 Å². The number of carbonyl (C=O) groups excluding carboxylic acids is 2. The first-order chi connectivity index (χ1) is 8.79. The van der Waals surface area contributed by atoms with Gasteiger partial charge in [-0.1, -0.05) is 47.0 Å². The molecule has 0 aromatic carbocycles. The Labute approximate surface area is 117 Å². The smallest absolute Gasteiger partial charge is 0.240 e. The van der Waals surface area contributed by atoms with Crippen LogP contribution in [0.3, 0.4) is 0 Å². The molecule has 1 unspecified atom stereocenters. The van der Waals surface area contributed by atoms with Crippen molar-refractivity contribution in [3.63, 3.8) is 0 Å². The molecule has 4 heteroatoms. The summed E-state index contributed by atoms with van der Waals surface area (Å²) in [6, 6.07) is -0.474. The van der Waals surface area contributed by atoms with Crippen molar-refractivity contribution in [1.82, 2.24) is 4.90 Å². The summed E-state index contributed by atoms with van der Waals surface area (Å²) >= 11 is 0. The Morgan fingerprint density at radius 2 is 1.79 bits per heavy atom. The number of carbonyl (C=O) groups is 2. The number of nitrogens with zero attached hydrogens (tertiary/aromatic N) is 1. The molecule has 0 saturated heterocycles. The lowest BCUT2D eigenvalue weighted by Gasteiger charge is -2.28. The van der Waals surface area contributed by atoms with Crippen molar-refractivity contribution >= 4 is 11.8 Å². The summed E-state index contributed by atoms with van der Waals surface area (Å²) < 4.78 is 0. The van der Waals surface area contributed by atoms with Crippen LogP contribution in [0.2, 0.25) is 0 Å². The summed E-state index contributed by atoms with van der Waals surface area (Å²) in [6.07, 6.45) is 4.50. The normalized spacial score (nSPS) is 14.2. The number of likely N-dealkylation sites (N-methyl/N-ethyl adjacent to an activating group) is 1. The Morgan fingerprint density at radius 1 is 1.21 bits per heavy atom. The highest BCUT2D eigenvalue weighted by Gasteiger charge is 2.26. The fourth-order valence-electron chi connectivity index (χ4n) is 2.18. The first-order valence-corrected chi connectivity index (χ1v) is 7.34. The van der Waals surface area contributed by atoms with Crippen LogP contribution < -0.4 is 5.73 Å². The average molecular weight is 270 g/mol. The van der Waals surface area contributed by atoms with Crippen LogP contribution in [-0.2, 0) is 9.59 Å². The summed E-state index contributed by atoms with van der Waals surface area (Å²) in [5.41, 5.74) is 5.45. The van der Waals surface area contributed by atoms with Gasteiger partial charge in [-0.05, 0) is 18.3 Å². The zero-order valence-electron chi connectivity index (χ0n) is 13.1. The number of unbranched alkanes of at least 4 members (excludes halogenated alkanes) is 1. The van der Waals surface area contributed by atoms with Crippen molar-refractivity contribution in [3.8, 4) is 0 Å². The number of amides is 2. The quantitative estimate of drug-likeness (QED) is 0.700. The summed E-state index contributed by atoms with van der Waals surface area (Å²) in [6.45, 7) is 8.26. The highest BCUT2D eigenvalue weighted by atomic mass is 16.2. The van der Waals surface area contributed by atoms with Gasteiger partial charge in [-0.25, -0.2) is 0 Å². The molecule has 4 nitrogen and oxygen atoms in total. The van der Waals surface area contributed by atoms with E-state index in [4.69, 9.17) is 5.73 Å². The van der Waals surface area contributed by atoms with E-state index in [2.05, 4.69) is 13.8 Å². The van der Waals surface area contributed by atoms with Crippen LogP contribution in [0.25, 0.3) is 0 Å². The van der Waals surface area contributed by atoms with E-state index in [0.29, 0.717) is 24.7 Å². The molecule has 0 aliphatic heterocycles. The van der Waals surface area contributed by atoms with Crippen molar-refractivity contribution in [2.75, 3.05) is 7.05 Å². The van der Waals surface area contributed by atoms with Crippen LogP contribution in [-0.4, -0.2) is 29.8 Å². The molecule has 0 aromatic heterocycles. The van der Waals surface area contributed by atoms with Gasteiger partial charge < -0.3 is 10.6 Å². The lowest BCUT2D eigenvalue weighted by atomic mass is 9.95. The van der Waals surface area contributed by atoms with Crippen molar-refractivity contribution in [3.05, 3.63) is 0 Å². The van der Waals surface area contributed by atoms with Crippen LogP contribution in [0, 0.1) is 11.8 Å². The topological polar surface area (TPSA) is 63.4 Å². The largest absolute Gasteiger partial charge is 0.368 e. The van der Waals surface area contributed by atoms with E-state index in [-0.39, 0.29) is 5.91 Å². The summed E-state index contributed by atoms with van der Waals surface area (Å²) in [4.78, 5) is 25.1. The molecule has 0 rings (SSSR count). The van der Waals surface area contributed by atoms with E-state index in [1.807, 2.05) is 13.8 Å². The number of hydrogen-bond acceptors (Lipinski definition) is 2. The lowest BCUT2D eigenvalue weighted by molar-refractivity contribution is -0.138. The molecule has 0 aromatic rings. The van der Waals surface area contributed by atoms with Crippen LogP contribution >= 0.6 is 0 Å². The molecule has 0 bridgehead atoms. The van der Waals surface area contributed by atoms with E-state index in [9.17, 15) is 9.59 Å². The minimum Gasteiger partial charge on any atom is -0.368 e. The highest BCUT2D eigenvalue weighted by molar-refractivity contribution is 5.86. The predicted molar refractivity (Wildman–Crippen MR) is 78.5 cm³/mol. The van der Waals surface area contributed by atoms with Crippen LogP contribution in [0.1, 0.15) is 59.8 Å². The van der Waals surface area contributed by atoms with Crippen molar-refractivity contribution in [2.24, 2.45) is 17.6 Å². The SMILES string of the molecule is CCCC[C@@H](C)CC(C(N)=O)N(C)C(=O)CC(C)C. The Bertz CT molecular complexity index is 290. The first kappa shape index (κ1) is 17.9. The standard InChI is InChI=1S/C15H30N2O2/c1-6-7-8-12(4)10-13(15(16)19)17(5)14(18)9-11(2)3/h11-13H,6-10H2,1-5H3,(H2,16,19)/t12-,13?/m1/s1. The maximum atomic E-state index is 12.0. The summed E-state index contributed by atoms with van der Waals surface area (Å²) in [5, 5.41) is 0. The van der Waals surface area contributed by atoms with Crippen LogP contribution in [0.15, 0.2) is 0 Å². The van der Waals surface area contributed by atoms with Crippen molar-refractivity contribution < 1.29 is 9.59 Å². The molecular formula is C15H30N2O2. The van der Waals surface area contributed by atoms with E-state index >= 15 is 0 Å². The predicted octanol–water partition coefficient (Wildman–Crippen LogP) is 2.56. The first-order valence-electron chi connectivity index (χ1n) is 7.34. The third kappa shape index (κ3) is 7.19. The van der Waals surface area contributed by atoms with Gasteiger partial charge in [-0.2, -0.15) is 0 Å². The molecule has 19 heavy (non-hydrogen) atoms. The van der Waals surface area contributed by atoms with Gasteiger partial charge in [0.15, 0.2) is 0 Å². The maximum Gasteiger partial charge on any atom is 0.240 e. The molecular weight excluding hydrogens is 240 g/mol. The summed E-state index contributed by atoms with van der Waals surface area (Å²) in [5.74, 6) is 0.303. The number of nitrogens with two attached hydrogens (primary N) is 1. The van der Waals surface area contributed by atoms with Crippen molar-refractivity contribution in [2.45, 2.75) is 65.8 Å². The molecule has 0 saturated carbocycles. The van der Waals surface area contributed by atoms with E-state index in [1.54, 1.807) is 7.05 Å². The van der Waals surface area contributed by atoms with Gasteiger partial charge >= 0.3 is 0 Å². The van der Waals surface area contributed by atoms with Gasteiger partial charge in [0.25, 0.3) is 0 Å². The zero-order valence-corrected chi connectivity index (χ0v) is 13.1. The minimum absolute atomic E-state index is 0.00138. The third-order valence-corrected chi connectivity index (χ3v) is 3.45. The maximum absolute atomic E-state index is 12.0. The molecule has 2 amide bonds. The molecule has 0 radical (unpaired) electrons. The molecule has 0 heterocycles. The number of hydrogen-bond donors (Lipinski definition) is 1. The highest BCUT2D eigenvalue weighted by Crippen LogP contribution is 2.18. The number of primary amides is 1. The van der Waals surface area contributed by atoms with Gasteiger partial charge in [0.1, 0.15) is 6.04 Å². The van der Waals surface area contributed by atoms with Gasteiger partial charge in [-0.3, -0.25) is 9.59 Å². The summed E-state index contributed by atoms with van der Waals surface area (Å²) in [7, 11) is 1.69. The van der Waals surface area contributed by atoms with Gasteiger partial charge in [0.05, 0.1) is 0 Å². The second-order valence-corrected chi connectivity index (χ2v) is 6.00. The molecule has 2 atom stereocenters. The van der Waals surface area contributed by atoms with Gasteiger partial charge in [-0.15, -0.1) is 0 Å². The second-order valence-electron chi connectivity index (χ2n) is 6.00. The molecule has 112 valence electrons. The van der Waals surface area contributed by atoms with Crippen LogP contribution in [0.4, 0.5) is 0 Å². The second kappa shape index (κ2) is 8.94. The van der Waals surface area contributed by atoms with Crippen LogP contribution in [0.5, 0.6) is 0 Å². The fraction of sp³-hybridized carbons (Fsp3) is 0.867. The Kier molecular flexibility index (Phi) is 8.44. The molecule has 0 fully saturated rings. The molecule has 0 spiro atoms. The molecule has 2 N–H and O–H groups in total. The molecule has 0 aliphatic rings. The minimum atomic E-state index is -0.474. The zero-order chi connectivity index (χ0) is 15.0.